The number of hydrogen-bond acceptors (Lipinski definition) is 3. The van der Waals surface area contributed by atoms with Crippen LogP contribution in [0.2, 0.25) is 0 Å². The lowest BCUT2D eigenvalue weighted by Crippen LogP contribution is -2.47. The maximum atomic E-state index is 11.1. The van der Waals surface area contributed by atoms with Gasteiger partial charge in [0.15, 0.2) is 0 Å². The summed E-state index contributed by atoms with van der Waals surface area (Å²) in [6.45, 7) is 5.66. The van der Waals surface area contributed by atoms with Crippen molar-refractivity contribution in [2.24, 2.45) is 5.92 Å². The smallest absolute Gasteiger partial charge is 0.219 e. The summed E-state index contributed by atoms with van der Waals surface area (Å²) in [5.41, 5.74) is 0. The summed E-state index contributed by atoms with van der Waals surface area (Å²) in [6, 6.07) is 0.662. The van der Waals surface area contributed by atoms with Gasteiger partial charge in [0.2, 0.25) is 5.91 Å². The second-order valence-corrected chi connectivity index (χ2v) is 4.74. The lowest BCUT2D eigenvalue weighted by atomic mass is 9.94. The Morgan fingerprint density at radius 3 is 2.75 bits per heavy atom. The summed E-state index contributed by atoms with van der Waals surface area (Å²) in [5.74, 6) is 0.858. The highest BCUT2D eigenvalue weighted by Gasteiger charge is 2.24. The Labute approximate surface area is 98.8 Å². The molecule has 94 valence electrons. The van der Waals surface area contributed by atoms with Crippen LogP contribution in [0.1, 0.15) is 26.2 Å². The molecule has 1 fully saturated rings. The molecule has 0 aliphatic carbocycles. The number of piperidine rings is 1. The van der Waals surface area contributed by atoms with Crippen molar-refractivity contribution in [2.45, 2.75) is 32.2 Å². The van der Waals surface area contributed by atoms with Crippen molar-refractivity contribution in [1.29, 1.82) is 0 Å². The molecule has 0 aromatic rings. The first-order valence-electron chi connectivity index (χ1n) is 6.27. The zero-order valence-electron chi connectivity index (χ0n) is 10.8. The van der Waals surface area contributed by atoms with Crippen LogP contribution >= 0.6 is 0 Å². The maximum Gasteiger partial charge on any atom is 0.219 e. The van der Waals surface area contributed by atoms with Gasteiger partial charge in [0.1, 0.15) is 0 Å². The van der Waals surface area contributed by atoms with E-state index in [1.807, 2.05) is 7.05 Å². The molecular weight excluding hydrogens is 202 g/mol. The van der Waals surface area contributed by atoms with Gasteiger partial charge in [-0.25, -0.2) is 0 Å². The number of nitrogens with zero attached hydrogens (tertiary/aromatic N) is 1. The minimum absolute atomic E-state index is 0.151. The SMILES string of the molecule is CNC(=O)CCCN1CCC(NC)C(C)C1. The quantitative estimate of drug-likeness (QED) is 0.716. The van der Waals surface area contributed by atoms with Crippen LogP contribution in [-0.4, -0.2) is 50.6 Å². The van der Waals surface area contributed by atoms with E-state index < -0.39 is 0 Å². The molecular formula is C12H25N3O. The molecule has 2 atom stereocenters. The molecule has 1 rings (SSSR count). The van der Waals surface area contributed by atoms with E-state index in [9.17, 15) is 4.79 Å². The van der Waals surface area contributed by atoms with Crippen LogP contribution in [0.4, 0.5) is 0 Å². The van der Waals surface area contributed by atoms with Crippen LogP contribution in [0, 0.1) is 5.92 Å². The molecule has 0 radical (unpaired) electrons. The van der Waals surface area contributed by atoms with E-state index in [0.717, 1.165) is 26.1 Å². The Bertz CT molecular complexity index is 220. The molecule has 1 aliphatic rings. The molecule has 1 saturated heterocycles. The third-order valence-corrected chi connectivity index (χ3v) is 3.52. The summed E-state index contributed by atoms with van der Waals surface area (Å²) in [5, 5.41) is 6.03. The Morgan fingerprint density at radius 1 is 1.44 bits per heavy atom. The molecule has 0 spiro atoms. The number of hydrogen-bond donors (Lipinski definition) is 2. The van der Waals surface area contributed by atoms with E-state index in [2.05, 4.69) is 22.5 Å². The van der Waals surface area contributed by atoms with E-state index in [-0.39, 0.29) is 5.91 Å². The van der Waals surface area contributed by atoms with Gasteiger partial charge in [0, 0.05) is 26.1 Å². The van der Waals surface area contributed by atoms with Crippen molar-refractivity contribution in [3.05, 3.63) is 0 Å². The topological polar surface area (TPSA) is 44.4 Å². The second-order valence-electron chi connectivity index (χ2n) is 4.74. The van der Waals surface area contributed by atoms with Gasteiger partial charge in [-0.3, -0.25) is 4.79 Å². The Balaban J connectivity index is 2.17. The molecule has 4 nitrogen and oxygen atoms in total. The number of rotatable bonds is 5. The Kier molecular flexibility index (Phi) is 5.77. The van der Waals surface area contributed by atoms with Gasteiger partial charge in [-0.1, -0.05) is 6.92 Å². The van der Waals surface area contributed by atoms with E-state index in [0.29, 0.717) is 18.4 Å². The fourth-order valence-electron chi connectivity index (χ4n) is 2.45. The fraction of sp³-hybridized carbons (Fsp3) is 0.917. The van der Waals surface area contributed by atoms with Crippen LogP contribution in [-0.2, 0) is 4.79 Å². The average Bonchev–Trinajstić information content (AvgIpc) is 2.29. The summed E-state index contributed by atoms with van der Waals surface area (Å²) in [6.07, 6.45) is 2.84. The van der Waals surface area contributed by atoms with Crippen molar-refractivity contribution in [2.75, 3.05) is 33.7 Å². The van der Waals surface area contributed by atoms with Crippen LogP contribution in [0.25, 0.3) is 0 Å². The molecule has 0 bridgehead atoms. The third-order valence-electron chi connectivity index (χ3n) is 3.52. The molecule has 1 heterocycles. The van der Waals surface area contributed by atoms with Gasteiger partial charge in [0.05, 0.1) is 0 Å². The summed E-state index contributed by atoms with van der Waals surface area (Å²) in [7, 11) is 3.74. The van der Waals surface area contributed by atoms with Crippen molar-refractivity contribution < 1.29 is 4.79 Å². The van der Waals surface area contributed by atoms with Crippen LogP contribution in [0.3, 0.4) is 0 Å². The predicted molar refractivity (Wildman–Crippen MR) is 66.4 cm³/mol. The summed E-state index contributed by atoms with van der Waals surface area (Å²) >= 11 is 0. The number of likely N-dealkylation sites (tertiary alicyclic amines) is 1. The molecule has 1 amide bonds. The summed E-state index contributed by atoms with van der Waals surface area (Å²) in [4.78, 5) is 13.6. The third kappa shape index (κ3) is 4.10. The molecule has 2 N–H and O–H groups in total. The van der Waals surface area contributed by atoms with Gasteiger partial charge >= 0.3 is 0 Å². The molecule has 2 unspecified atom stereocenters. The molecule has 4 heteroatoms. The van der Waals surface area contributed by atoms with Crippen LogP contribution < -0.4 is 10.6 Å². The first kappa shape index (κ1) is 13.5. The van der Waals surface area contributed by atoms with Gasteiger partial charge in [-0.05, 0) is 38.9 Å². The first-order valence-corrected chi connectivity index (χ1v) is 6.27. The average molecular weight is 227 g/mol. The molecule has 16 heavy (non-hydrogen) atoms. The van der Waals surface area contributed by atoms with E-state index in [1.165, 1.54) is 6.42 Å². The van der Waals surface area contributed by atoms with Gasteiger partial charge < -0.3 is 15.5 Å². The number of carbonyl (C=O) groups excluding carboxylic acids is 1. The zero-order chi connectivity index (χ0) is 12.0. The van der Waals surface area contributed by atoms with Crippen molar-refractivity contribution in [1.82, 2.24) is 15.5 Å². The number of amides is 1. The van der Waals surface area contributed by atoms with E-state index >= 15 is 0 Å². The van der Waals surface area contributed by atoms with E-state index in [1.54, 1.807) is 7.05 Å². The highest BCUT2D eigenvalue weighted by molar-refractivity contribution is 5.75. The van der Waals surface area contributed by atoms with Crippen molar-refractivity contribution in [3.8, 4) is 0 Å². The molecule has 0 saturated carbocycles. The molecule has 0 aromatic heterocycles. The largest absolute Gasteiger partial charge is 0.359 e. The fourth-order valence-corrected chi connectivity index (χ4v) is 2.45. The van der Waals surface area contributed by atoms with Crippen LogP contribution in [0.5, 0.6) is 0 Å². The zero-order valence-corrected chi connectivity index (χ0v) is 10.8. The second kappa shape index (κ2) is 6.86. The number of carbonyl (C=O) groups is 1. The normalized spacial score (nSPS) is 26.7. The Morgan fingerprint density at radius 2 is 2.19 bits per heavy atom. The molecule has 1 aliphatic heterocycles. The van der Waals surface area contributed by atoms with Gasteiger partial charge in [-0.15, -0.1) is 0 Å². The first-order chi connectivity index (χ1) is 7.67. The monoisotopic (exact) mass is 227 g/mol. The van der Waals surface area contributed by atoms with Crippen molar-refractivity contribution >= 4 is 5.91 Å². The van der Waals surface area contributed by atoms with Gasteiger partial charge in [-0.2, -0.15) is 0 Å². The lowest BCUT2D eigenvalue weighted by molar-refractivity contribution is -0.120. The van der Waals surface area contributed by atoms with Crippen LogP contribution in [0.15, 0.2) is 0 Å². The molecule has 0 aromatic carbocycles. The van der Waals surface area contributed by atoms with Crippen molar-refractivity contribution in [3.63, 3.8) is 0 Å². The standard InChI is InChI=1S/C12H25N3O/c1-10-9-15(8-6-11(10)13-2)7-4-5-12(16)14-3/h10-11,13H,4-9H2,1-3H3,(H,14,16). The highest BCUT2D eigenvalue weighted by atomic mass is 16.1. The lowest BCUT2D eigenvalue weighted by Gasteiger charge is -2.36. The van der Waals surface area contributed by atoms with E-state index in [4.69, 9.17) is 0 Å². The number of nitrogens with one attached hydrogen (secondary N) is 2. The highest BCUT2D eigenvalue weighted by Crippen LogP contribution is 2.16. The summed E-state index contributed by atoms with van der Waals surface area (Å²) < 4.78 is 0. The minimum Gasteiger partial charge on any atom is -0.359 e. The predicted octanol–water partition coefficient (Wildman–Crippen LogP) is 0.442. The minimum atomic E-state index is 0.151. The maximum absolute atomic E-state index is 11.1. The van der Waals surface area contributed by atoms with Gasteiger partial charge in [0.25, 0.3) is 0 Å². The Hall–Kier alpha value is -0.610.